The fourth-order valence-electron chi connectivity index (χ4n) is 4.96. The highest BCUT2D eigenvalue weighted by Gasteiger charge is 2.31. The molecule has 2 saturated heterocycles. The van der Waals surface area contributed by atoms with Gasteiger partial charge in [0.25, 0.3) is 5.91 Å². The van der Waals surface area contributed by atoms with E-state index in [1.54, 1.807) is 19.5 Å². The Morgan fingerprint density at radius 3 is 2.68 bits per heavy atom. The zero-order valence-electron chi connectivity index (χ0n) is 22.2. The summed E-state index contributed by atoms with van der Waals surface area (Å²) in [5.41, 5.74) is 10.2. The van der Waals surface area contributed by atoms with Crippen molar-refractivity contribution < 1.29 is 14.3 Å². The molecule has 202 valence electrons. The number of piperidine rings is 1. The Labute approximate surface area is 224 Å². The minimum Gasteiger partial charge on any atom is -0.390 e. The molecule has 2 unspecified atom stereocenters. The van der Waals surface area contributed by atoms with Crippen LogP contribution in [-0.2, 0) is 14.3 Å². The van der Waals surface area contributed by atoms with Crippen molar-refractivity contribution >= 4 is 17.9 Å². The van der Waals surface area contributed by atoms with E-state index in [4.69, 9.17) is 15.2 Å². The first-order valence-corrected chi connectivity index (χ1v) is 13.1. The predicted octanol–water partition coefficient (Wildman–Crippen LogP) is 3.32. The molecule has 0 aliphatic carbocycles. The third-order valence-electron chi connectivity index (χ3n) is 7.22. The fourth-order valence-corrected chi connectivity index (χ4v) is 4.96. The number of likely N-dealkylation sites (tertiary alicyclic amines) is 1. The molecule has 2 aliphatic rings. The molecule has 4 N–H and O–H groups in total. The molecule has 2 fully saturated rings. The van der Waals surface area contributed by atoms with E-state index in [0.717, 1.165) is 42.7 Å². The van der Waals surface area contributed by atoms with Gasteiger partial charge in [-0.15, -0.1) is 0 Å². The van der Waals surface area contributed by atoms with Gasteiger partial charge in [-0.25, -0.2) is 4.99 Å². The first-order valence-electron chi connectivity index (χ1n) is 13.1. The molecule has 2 atom stereocenters. The molecule has 1 aromatic heterocycles. The number of hydrogen-bond acceptors (Lipinski definition) is 7. The summed E-state index contributed by atoms with van der Waals surface area (Å²) in [5.74, 6) is -0.142. The smallest absolute Gasteiger partial charge is 0.272 e. The van der Waals surface area contributed by atoms with Gasteiger partial charge in [-0.1, -0.05) is 18.7 Å². The van der Waals surface area contributed by atoms with Gasteiger partial charge in [-0.05, 0) is 61.6 Å². The fraction of sp³-hybridized carbons (Fsp3) is 0.414. The number of pyridine rings is 1. The van der Waals surface area contributed by atoms with E-state index in [9.17, 15) is 4.79 Å². The van der Waals surface area contributed by atoms with Crippen molar-refractivity contribution in [3.05, 3.63) is 72.3 Å². The first kappa shape index (κ1) is 27.5. The molecule has 1 amide bonds. The van der Waals surface area contributed by atoms with Gasteiger partial charge in [0.1, 0.15) is 5.70 Å². The van der Waals surface area contributed by atoms with Crippen molar-refractivity contribution in [1.82, 2.24) is 15.2 Å². The van der Waals surface area contributed by atoms with Crippen LogP contribution in [0.1, 0.15) is 26.2 Å². The van der Waals surface area contributed by atoms with Gasteiger partial charge in [0.2, 0.25) is 0 Å². The largest absolute Gasteiger partial charge is 0.390 e. The SMILES string of the molecule is C=C(Nc1cccc(-c2ccncc2)c1)/C(C)=C(\N=C/N)C(=O)N1CCC(NC2CCOCC2OC)CC1. The van der Waals surface area contributed by atoms with Crippen LogP contribution in [0.2, 0.25) is 0 Å². The van der Waals surface area contributed by atoms with Crippen LogP contribution in [-0.4, -0.2) is 73.7 Å². The number of hydrogen-bond donors (Lipinski definition) is 3. The van der Waals surface area contributed by atoms with Crippen LogP contribution < -0.4 is 16.4 Å². The number of methoxy groups -OCH3 is 1. The molecule has 3 heterocycles. The molecule has 1 aromatic carbocycles. The molecule has 38 heavy (non-hydrogen) atoms. The maximum absolute atomic E-state index is 13.5. The Hall–Kier alpha value is -3.53. The average Bonchev–Trinajstić information content (AvgIpc) is 2.96. The number of anilines is 1. The number of amides is 1. The second kappa shape index (κ2) is 13.3. The monoisotopic (exact) mass is 518 g/mol. The van der Waals surface area contributed by atoms with Gasteiger partial charge >= 0.3 is 0 Å². The highest BCUT2D eigenvalue weighted by Crippen LogP contribution is 2.25. The molecule has 9 nitrogen and oxygen atoms in total. The zero-order chi connectivity index (χ0) is 26.9. The summed E-state index contributed by atoms with van der Waals surface area (Å²) < 4.78 is 11.1. The van der Waals surface area contributed by atoms with Gasteiger partial charge in [0.05, 0.1) is 19.0 Å². The number of carbonyl (C=O) groups is 1. The molecule has 4 rings (SSSR count). The van der Waals surface area contributed by atoms with Crippen LogP contribution in [0, 0.1) is 0 Å². The van der Waals surface area contributed by atoms with Crippen LogP contribution in [0.25, 0.3) is 11.1 Å². The molecule has 9 heteroatoms. The average molecular weight is 519 g/mol. The van der Waals surface area contributed by atoms with Crippen molar-refractivity contribution in [2.75, 3.05) is 38.7 Å². The summed E-state index contributed by atoms with van der Waals surface area (Å²) in [6, 6.07) is 12.5. The highest BCUT2D eigenvalue weighted by molar-refractivity contribution is 5.96. The third-order valence-corrected chi connectivity index (χ3v) is 7.22. The summed E-state index contributed by atoms with van der Waals surface area (Å²) in [6.07, 6.45) is 7.41. The summed E-state index contributed by atoms with van der Waals surface area (Å²) in [6.45, 7) is 8.66. The van der Waals surface area contributed by atoms with E-state index >= 15 is 0 Å². The minimum atomic E-state index is -0.142. The Balaban J connectivity index is 1.39. The quantitative estimate of drug-likeness (QED) is 0.202. The predicted molar refractivity (Wildman–Crippen MR) is 151 cm³/mol. The number of nitrogens with zero attached hydrogens (tertiary/aromatic N) is 3. The molecule has 2 aromatic rings. The van der Waals surface area contributed by atoms with Crippen molar-refractivity contribution in [2.24, 2.45) is 10.7 Å². The molecular formula is C29H38N6O3. The van der Waals surface area contributed by atoms with Gasteiger partial charge in [-0.2, -0.15) is 0 Å². The third kappa shape index (κ3) is 6.86. The summed E-state index contributed by atoms with van der Waals surface area (Å²) in [4.78, 5) is 23.7. The normalized spacial score (nSPS) is 21.3. The summed E-state index contributed by atoms with van der Waals surface area (Å²) >= 11 is 0. The second-order valence-corrected chi connectivity index (χ2v) is 9.65. The Morgan fingerprint density at radius 2 is 1.97 bits per heavy atom. The van der Waals surface area contributed by atoms with Gasteiger partial charge in [-0.3, -0.25) is 9.78 Å². The Morgan fingerprint density at radius 1 is 1.21 bits per heavy atom. The maximum Gasteiger partial charge on any atom is 0.272 e. The van der Waals surface area contributed by atoms with E-state index in [2.05, 4.69) is 27.2 Å². The lowest BCUT2D eigenvalue weighted by Gasteiger charge is -2.38. The number of aliphatic imine (C=N–C) groups is 1. The number of ether oxygens (including phenoxy) is 2. The molecule has 0 radical (unpaired) electrons. The van der Waals surface area contributed by atoms with Crippen LogP contribution in [0.15, 0.2) is 77.3 Å². The molecule has 0 bridgehead atoms. The van der Waals surface area contributed by atoms with Crippen molar-refractivity contribution in [1.29, 1.82) is 0 Å². The van der Waals surface area contributed by atoms with Gasteiger partial charge in [0.15, 0.2) is 0 Å². The summed E-state index contributed by atoms with van der Waals surface area (Å²) in [5, 5.41) is 7.05. The number of carbonyl (C=O) groups excluding carboxylic acids is 1. The first-order chi connectivity index (χ1) is 18.5. The summed E-state index contributed by atoms with van der Waals surface area (Å²) in [7, 11) is 1.73. The topological polar surface area (TPSA) is 114 Å². The van der Waals surface area contributed by atoms with Crippen molar-refractivity contribution in [3.63, 3.8) is 0 Å². The number of benzene rings is 1. The lowest BCUT2D eigenvalue weighted by Crippen LogP contribution is -2.54. The Bertz CT molecular complexity index is 1160. The standard InChI is InChI=1S/C29H38N6O3/c1-20(21(2)33-25-6-4-5-23(17-25)22-7-12-31-13-8-22)28(32-19-30)29(36)35-14-9-24(10-15-35)34-26-11-16-38-18-27(26)37-3/h4-8,12-13,17,19,24,26-27,33-34H,2,9-11,14-16,18H2,1,3H3,(H2,30,32)/b28-20-. The van der Waals surface area contributed by atoms with Crippen LogP contribution in [0.5, 0.6) is 0 Å². The van der Waals surface area contributed by atoms with Crippen LogP contribution in [0.4, 0.5) is 5.69 Å². The van der Waals surface area contributed by atoms with E-state index in [-0.39, 0.29) is 18.1 Å². The van der Waals surface area contributed by atoms with E-state index in [0.29, 0.717) is 42.7 Å². The number of rotatable bonds is 9. The lowest BCUT2D eigenvalue weighted by molar-refractivity contribution is -0.128. The van der Waals surface area contributed by atoms with E-state index in [1.807, 2.05) is 48.2 Å². The van der Waals surface area contributed by atoms with Crippen molar-refractivity contribution in [2.45, 2.75) is 44.4 Å². The minimum absolute atomic E-state index is 0.0587. The molecule has 2 aliphatic heterocycles. The molecule has 0 spiro atoms. The molecule has 0 saturated carbocycles. The highest BCUT2D eigenvalue weighted by atomic mass is 16.5. The van der Waals surface area contributed by atoms with Gasteiger partial charge in [0, 0.05) is 68.2 Å². The van der Waals surface area contributed by atoms with Crippen LogP contribution >= 0.6 is 0 Å². The number of nitrogens with two attached hydrogens (primary N) is 1. The maximum atomic E-state index is 13.5. The molecular weight excluding hydrogens is 480 g/mol. The number of allylic oxidation sites excluding steroid dienone is 1. The van der Waals surface area contributed by atoms with E-state index in [1.165, 1.54) is 6.34 Å². The van der Waals surface area contributed by atoms with E-state index < -0.39 is 0 Å². The lowest BCUT2D eigenvalue weighted by atomic mass is 9.99. The Kier molecular flexibility index (Phi) is 9.64. The zero-order valence-corrected chi connectivity index (χ0v) is 22.2. The van der Waals surface area contributed by atoms with Gasteiger partial charge < -0.3 is 30.7 Å². The number of aromatic nitrogens is 1. The second-order valence-electron chi connectivity index (χ2n) is 9.65. The number of nitrogens with one attached hydrogen (secondary N) is 2. The van der Waals surface area contributed by atoms with Crippen LogP contribution in [0.3, 0.4) is 0 Å². The van der Waals surface area contributed by atoms with Crippen molar-refractivity contribution in [3.8, 4) is 11.1 Å².